The van der Waals surface area contributed by atoms with E-state index in [4.69, 9.17) is 0 Å². The van der Waals surface area contributed by atoms with Crippen molar-refractivity contribution in [1.82, 2.24) is 19.4 Å². The molecule has 4 rings (SSSR count). The Balaban J connectivity index is 1.33. The maximum Gasteiger partial charge on any atom is 0.253 e. The predicted molar refractivity (Wildman–Crippen MR) is 121 cm³/mol. The average Bonchev–Trinajstić information content (AvgIpc) is 3.55. The third-order valence-corrected chi connectivity index (χ3v) is 8.90. The molecule has 1 amide bonds. The number of nitrogens with one attached hydrogen (secondary N) is 1. The molecule has 1 saturated heterocycles. The maximum atomic E-state index is 13.4. The van der Waals surface area contributed by atoms with E-state index >= 15 is 0 Å². The number of sulfonamides is 1. The summed E-state index contributed by atoms with van der Waals surface area (Å²) in [5, 5.41) is 8.93. The molecule has 10 heteroatoms. The van der Waals surface area contributed by atoms with Gasteiger partial charge in [0.25, 0.3) is 10.0 Å². The van der Waals surface area contributed by atoms with Crippen LogP contribution < -0.4 is 0 Å². The SMILES string of the molecule is CN(CCCc1cc(-c2cccc(F)c2)n[nH]1)C(=O)C1CCCN1S(=O)(=O)c1cccs1. The molecule has 1 fully saturated rings. The quantitative estimate of drug-likeness (QED) is 0.539. The standard InChI is InChI=1S/C22H25FN4O3S2/c1-26(11-3-8-18-15-19(25-24-18)16-6-2-7-17(23)14-16)22(28)20-9-4-12-27(20)32(29,30)21-10-5-13-31-21/h2,5-7,10,13-15,20H,3-4,8-9,11-12H2,1H3,(H,24,25). The number of carbonyl (C=O) groups excluding carboxylic acids is 1. The van der Waals surface area contributed by atoms with Crippen LogP contribution in [-0.2, 0) is 21.2 Å². The Kier molecular flexibility index (Phi) is 6.73. The molecule has 1 atom stereocenters. The molecule has 1 N–H and O–H groups in total. The fourth-order valence-corrected chi connectivity index (χ4v) is 6.73. The molecule has 7 nitrogen and oxygen atoms in total. The third kappa shape index (κ3) is 4.77. The maximum absolute atomic E-state index is 13.4. The van der Waals surface area contributed by atoms with Gasteiger partial charge < -0.3 is 4.90 Å². The number of likely N-dealkylation sites (N-methyl/N-ethyl adjacent to an activating group) is 1. The highest BCUT2D eigenvalue weighted by Crippen LogP contribution is 2.29. The molecule has 1 unspecified atom stereocenters. The van der Waals surface area contributed by atoms with Gasteiger partial charge in [-0.2, -0.15) is 9.40 Å². The number of hydrogen-bond acceptors (Lipinski definition) is 5. The van der Waals surface area contributed by atoms with Gasteiger partial charge >= 0.3 is 0 Å². The van der Waals surface area contributed by atoms with Gasteiger partial charge in [0.1, 0.15) is 16.1 Å². The summed E-state index contributed by atoms with van der Waals surface area (Å²) in [6.07, 6.45) is 2.57. The van der Waals surface area contributed by atoms with Gasteiger partial charge in [-0.15, -0.1) is 11.3 Å². The first-order valence-electron chi connectivity index (χ1n) is 10.5. The van der Waals surface area contributed by atoms with Gasteiger partial charge in [0.05, 0.1) is 5.69 Å². The number of H-pyrrole nitrogens is 1. The Morgan fingerprint density at radius 2 is 2.16 bits per heavy atom. The molecule has 1 aromatic carbocycles. The van der Waals surface area contributed by atoms with E-state index in [1.54, 1.807) is 41.6 Å². The van der Waals surface area contributed by atoms with Crippen molar-refractivity contribution in [3.05, 3.63) is 59.4 Å². The number of amides is 1. The fraction of sp³-hybridized carbons (Fsp3) is 0.364. The van der Waals surface area contributed by atoms with Crippen LogP contribution in [0.2, 0.25) is 0 Å². The van der Waals surface area contributed by atoms with Crippen molar-refractivity contribution >= 4 is 27.3 Å². The van der Waals surface area contributed by atoms with Crippen LogP contribution in [-0.4, -0.2) is 59.9 Å². The van der Waals surface area contributed by atoms with Crippen molar-refractivity contribution in [2.75, 3.05) is 20.1 Å². The summed E-state index contributed by atoms with van der Waals surface area (Å²) in [5.41, 5.74) is 2.27. The highest BCUT2D eigenvalue weighted by Gasteiger charge is 2.40. The Labute approximate surface area is 190 Å². The van der Waals surface area contributed by atoms with E-state index in [-0.39, 0.29) is 15.9 Å². The minimum absolute atomic E-state index is 0.173. The van der Waals surface area contributed by atoms with E-state index in [1.807, 2.05) is 6.07 Å². The molecule has 170 valence electrons. The molecule has 1 aliphatic rings. The number of carbonyl (C=O) groups is 1. The molecule has 0 radical (unpaired) electrons. The summed E-state index contributed by atoms with van der Waals surface area (Å²) in [6.45, 7) is 0.859. The summed E-state index contributed by atoms with van der Waals surface area (Å²) in [7, 11) is -1.94. The van der Waals surface area contributed by atoms with Crippen LogP contribution in [0.15, 0.2) is 52.1 Å². The molecular weight excluding hydrogens is 451 g/mol. The first-order chi connectivity index (χ1) is 15.4. The number of rotatable bonds is 8. The van der Waals surface area contributed by atoms with Crippen LogP contribution in [0.4, 0.5) is 4.39 Å². The lowest BCUT2D eigenvalue weighted by Gasteiger charge is -2.27. The Hall–Kier alpha value is -2.56. The van der Waals surface area contributed by atoms with Crippen molar-refractivity contribution in [2.45, 2.75) is 35.9 Å². The zero-order chi connectivity index (χ0) is 22.7. The number of hydrogen-bond donors (Lipinski definition) is 1. The highest BCUT2D eigenvalue weighted by atomic mass is 32.2. The van der Waals surface area contributed by atoms with Crippen molar-refractivity contribution in [3.8, 4) is 11.3 Å². The Morgan fingerprint density at radius 1 is 1.31 bits per heavy atom. The predicted octanol–water partition coefficient (Wildman–Crippen LogP) is 3.52. The summed E-state index contributed by atoms with van der Waals surface area (Å²) < 4.78 is 40.8. The van der Waals surface area contributed by atoms with E-state index in [9.17, 15) is 17.6 Å². The summed E-state index contributed by atoms with van der Waals surface area (Å²) in [6, 6.07) is 10.8. The second kappa shape index (κ2) is 9.51. The number of halogens is 1. The first kappa shape index (κ1) is 22.6. The molecule has 3 heterocycles. The largest absolute Gasteiger partial charge is 0.344 e. The van der Waals surface area contributed by atoms with Gasteiger partial charge in [0, 0.05) is 31.4 Å². The molecule has 2 aromatic heterocycles. The Bertz CT molecular complexity index is 1180. The van der Waals surface area contributed by atoms with E-state index in [0.717, 1.165) is 5.69 Å². The van der Waals surface area contributed by atoms with Crippen LogP contribution in [0.5, 0.6) is 0 Å². The van der Waals surface area contributed by atoms with E-state index in [2.05, 4.69) is 10.2 Å². The van der Waals surface area contributed by atoms with Crippen molar-refractivity contribution in [1.29, 1.82) is 0 Å². The topological polar surface area (TPSA) is 86.4 Å². The summed E-state index contributed by atoms with van der Waals surface area (Å²) in [4.78, 5) is 14.6. The van der Waals surface area contributed by atoms with Gasteiger partial charge in [0.15, 0.2) is 0 Å². The van der Waals surface area contributed by atoms with E-state index < -0.39 is 16.1 Å². The molecule has 0 spiro atoms. The van der Waals surface area contributed by atoms with E-state index in [0.29, 0.717) is 50.0 Å². The van der Waals surface area contributed by atoms with Crippen LogP contribution in [0.3, 0.4) is 0 Å². The van der Waals surface area contributed by atoms with Gasteiger partial charge in [-0.25, -0.2) is 12.8 Å². The van der Waals surface area contributed by atoms with Crippen molar-refractivity contribution < 1.29 is 17.6 Å². The van der Waals surface area contributed by atoms with Crippen LogP contribution in [0.25, 0.3) is 11.3 Å². The highest BCUT2D eigenvalue weighted by molar-refractivity contribution is 7.91. The van der Waals surface area contributed by atoms with Gasteiger partial charge in [-0.1, -0.05) is 18.2 Å². The number of aromatic nitrogens is 2. The van der Waals surface area contributed by atoms with Gasteiger partial charge in [-0.3, -0.25) is 9.89 Å². The minimum Gasteiger partial charge on any atom is -0.344 e. The lowest BCUT2D eigenvalue weighted by Crippen LogP contribution is -2.46. The second-order valence-electron chi connectivity index (χ2n) is 7.86. The normalized spacial score (nSPS) is 17.0. The number of aromatic amines is 1. The van der Waals surface area contributed by atoms with E-state index in [1.165, 1.54) is 27.8 Å². The number of benzene rings is 1. The van der Waals surface area contributed by atoms with Gasteiger partial charge in [-0.05, 0) is 55.3 Å². The fourth-order valence-electron chi connectivity index (χ4n) is 3.96. The zero-order valence-corrected chi connectivity index (χ0v) is 19.3. The van der Waals surface area contributed by atoms with Crippen LogP contribution in [0.1, 0.15) is 25.0 Å². The molecule has 0 bridgehead atoms. The first-order valence-corrected chi connectivity index (χ1v) is 12.8. The summed E-state index contributed by atoms with van der Waals surface area (Å²) >= 11 is 1.17. The molecular formula is C22H25FN4O3S2. The molecule has 0 saturated carbocycles. The molecule has 3 aromatic rings. The molecule has 32 heavy (non-hydrogen) atoms. The lowest BCUT2D eigenvalue weighted by atomic mass is 10.1. The molecule has 1 aliphatic heterocycles. The number of nitrogens with zero attached hydrogens (tertiary/aromatic N) is 3. The third-order valence-electron chi connectivity index (χ3n) is 5.61. The smallest absolute Gasteiger partial charge is 0.253 e. The van der Waals surface area contributed by atoms with Crippen LogP contribution in [0, 0.1) is 5.82 Å². The van der Waals surface area contributed by atoms with Gasteiger partial charge in [0.2, 0.25) is 5.91 Å². The number of thiophene rings is 1. The number of aryl methyl sites for hydroxylation is 1. The minimum atomic E-state index is -3.65. The van der Waals surface area contributed by atoms with Crippen molar-refractivity contribution in [3.63, 3.8) is 0 Å². The monoisotopic (exact) mass is 476 g/mol. The average molecular weight is 477 g/mol. The van der Waals surface area contributed by atoms with Crippen LogP contribution >= 0.6 is 11.3 Å². The summed E-state index contributed by atoms with van der Waals surface area (Å²) in [5.74, 6) is -0.484. The second-order valence-corrected chi connectivity index (χ2v) is 10.9. The lowest BCUT2D eigenvalue weighted by molar-refractivity contribution is -0.133. The Morgan fingerprint density at radius 3 is 2.91 bits per heavy atom. The zero-order valence-electron chi connectivity index (χ0n) is 17.7. The molecule has 0 aliphatic carbocycles. The van der Waals surface area contributed by atoms with Crippen molar-refractivity contribution in [2.24, 2.45) is 0 Å².